The van der Waals surface area contributed by atoms with Crippen LogP contribution in [-0.4, -0.2) is 28.4 Å². The highest BCUT2D eigenvalue weighted by molar-refractivity contribution is 8.14. The van der Waals surface area contributed by atoms with Crippen LogP contribution in [-0.2, 0) is 4.79 Å². The summed E-state index contributed by atoms with van der Waals surface area (Å²) in [6.07, 6.45) is 2.31. The molecule has 2 aliphatic rings. The van der Waals surface area contributed by atoms with Crippen molar-refractivity contribution in [1.29, 1.82) is 0 Å². The van der Waals surface area contributed by atoms with Crippen molar-refractivity contribution >= 4 is 28.5 Å². The molecule has 2 aromatic rings. The number of carbonyl (C=O) groups excluding carboxylic acids is 1. The van der Waals surface area contributed by atoms with Gasteiger partial charge in [0.05, 0.1) is 12.0 Å². The van der Waals surface area contributed by atoms with Crippen molar-refractivity contribution < 1.29 is 9.53 Å². The Labute approximate surface area is 173 Å². The van der Waals surface area contributed by atoms with Crippen molar-refractivity contribution in [2.24, 2.45) is 10.1 Å². The van der Waals surface area contributed by atoms with E-state index in [0.717, 1.165) is 28.3 Å². The second-order valence-electron chi connectivity index (χ2n) is 6.59. The van der Waals surface area contributed by atoms with Crippen LogP contribution in [0.1, 0.15) is 25.1 Å². The van der Waals surface area contributed by atoms with E-state index in [2.05, 4.69) is 18.8 Å². The lowest BCUT2D eigenvalue weighted by atomic mass is 10.1. The van der Waals surface area contributed by atoms with Crippen molar-refractivity contribution in [1.82, 2.24) is 10.3 Å². The van der Waals surface area contributed by atoms with Gasteiger partial charge >= 0.3 is 0 Å². The number of carbonyl (C=O) groups is 1. The zero-order valence-electron chi connectivity index (χ0n) is 16.2. The zero-order valence-corrected chi connectivity index (χ0v) is 17.0. The van der Waals surface area contributed by atoms with Gasteiger partial charge in [0.2, 0.25) is 0 Å². The van der Waals surface area contributed by atoms with Crippen LogP contribution in [0.4, 0.5) is 0 Å². The van der Waals surface area contributed by atoms with E-state index in [-0.39, 0.29) is 5.91 Å². The number of hydrogen-bond acceptors (Lipinski definition) is 6. The Balaban J connectivity index is 1.78. The standard InChI is InChI=1S/C22H22N4O2S/c1-3-13-28-16-11-9-15(10-12-16)20-23-18-8-6-5-7-17(18)19-21(27)24-22(25-26(19)20)29-14-4-2/h4-12,20H,2-3,13-14H2,1H3,(H,24,25,27)/t20-/m1/s1. The number of para-hydroxylation sites is 1. The Kier molecular flexibility index (Phi) is 5.67. The molecule has 0 aliphatic carbocycles. The minimum Gasteiger partial charge on any atom is -0.494 e. The average Bonchev–Trinajstić information content (AvgIpc) is 2.76. The number of benzene rings is 2. The number of thioether (sulfide) groups is 1. The monoisotopic (exact) mass is 406 g/mol. The number of fused-ring (bicyclic) bond motifs is 2. The molecule has 2 heterocycles. The SMILES string of the molecule is C=CCSC1=NN2C(=c3ccccc3=N[C@H]2c2ccc(OCCC)cc2)C(=O)N1. The molecule has 29 heavy (non-hydrogen) atoms. The molecular weight excluding hydrogens is 384 g/mol. The van der Waals surface area contributed by atoms with E-state index < -0.39 is 6.17 Å². The first kappa shape index (κ1) is 19.3. The van der Waals surface area contributed by atoms with Gasteiger partial charge in [0.15, 0.2) is 11.3 Å². The maximum absolute atomic E-state index is 12.9. The number of amidine groups is 1. The minimum absolute atomic E-state index is 0.179. The Bertz CT molecular complexity index is 1080. The summed E-state index contributed by atoms with van der Waals surface area (Å²) >= 11 is 1.43. The van der Waals surface area contributed by atoms with Gasteiger partial charge in [-0.15, -0.1) is 11.7 Å². The Morgan fingerprint density at radius 1 is 1.24 bits per heavy atom. The molecule has 0 radical (unpaired) electrons. The normalized spacial score (nSPS) is 17.5. The number of hydrazone groups is 1. The largest absolute Gasteiger partial charge is 0.494 e. The molecule has 0 saturated heterocycles. The summed E-state index contributed by atoms with van der Waals surface area (Å²) in [6, 6.07) is 15.5. The van der Waals surface area contributed by atoms with Crippen LogP contribution in [0.3, 0.4) is 0 Å². The first-order valence-corrected chi connectivity index (χ1v) is 10.5. The maximum atomic E-state index is 12.9. The van der Waals surface area contributed by atoms with E-state index in [1.165, 1.54) is 11.8 Å². The molecule has 0 unspecified atom stereocenters. The number of nitrogens with one attached hydrogen (secondary N) is 1. The van der Waals surface area contributed by atoms with Crippen molar-refractivity contribution in [3.63, 3.8) is 0 Å². The summed E-state index contributed by atoms with van der Waals surface area (Å²) in [7, 11) is 0. The fraction of sp³-hybridized carbons (Fsp3) is 0.227. The van der Waals surface area contributed by atoms with E-state index in [9.17, 15) is 4.79 Å². The predicted octanol–water partition coefficient (Wildman–Crippen LogP) is 2.54. The third kappa shape index (κ3) is 3.91. The van der Waals surface area contributed by atoms with Gasteiger partial charge in [-0.05, 0) is 30.2 Å². The van der Waals surface area contributed by atoms with Crippen LogP contribution in [0.25, 0.3) is 5.70 Å². The number of hydrogen-bond donors (Lipinski definition) is 1. The molecular formula is C22H22N4O2S. The molecule has 2 aliphatic heterocycles. The first-order chi connectivity index (χ1) is 14.2. The van der Waals surface area contributed by atoms with Gasteiger partial charge in [0, 0.05) is 11.0 Å². The van der Waals surface area contributed by atoms with E-state index in [1.807, 2.05) is 48.5 Å². The molecule has 148 valence electrons. The topological polar surface area (TPSA) is 66.3 Å². The lowest BCUT2D eigenvalue weighted by Crippen LogP contribution is -2.50. The fourth-order valence-corrected chi connectivity index (χ4v) is 3.79. The van der Waals surface area contributed by atoms with Crippen LogP contribution >= 0.6 is 11.8 Å². The van der Waals surface area contributed by atoms with Crippen LogP contribution in [0.5, 0.6) is 5.75 Å². The third-order valence-corrected chi connectivity index (χ3v) is 5.36. The first-order valence-electron chi connectivity index (χ1n) is 9.54. The molecule has 0 saturated carbocycles. The van der Waals surface area contributed by atoms with Crippen LogP contribution in [0.2, 0.25) is 0 Å². The summed E-state index contributed by atoms with van der Waals surface area (Å²) in [5.41, 5.74) is 1.45. The summed E-state index contributed by atoms with van der Waals surface area (Å²) in [5, 5.41) is 11.4. The summed E-state index contributed by atoms with van der Waals surface area (Å²) < 4.78 is 5.68. The third-order valence-electron chi connectivity index (χ3n) is 4.50. The smallest absolute Gasteiger partial charge is 0.276 e. The van der Waals surface area contributed by atoms with Crippen molar-refractivity contribution in [2.75, 3.05) is 12.4 Å². The van der Waals surface area contributed by atoms with Crippen LogP contribution in [0.15, 0.2) is 71.3 Å². The van der Waals surface area contributed by atoms with Crippen LogP contribution < -0.4 is 20.6 Å². The van der Waals surface area contributed by atoms with Gasteiger partial charge in [0.25, 0.3) is 5.91 Å². The van der Waals surface area contributed by atoms with Gasteiger partial charge < -0.3 is 4.74 Å². The molecule has 7 heteroatoms. The van der Waals surface area contributed by atoms with Crippen molar-refractivity contribution in [2.45, 2.75) is 19.5 Å². The number of nitrogens with zero attached hydrogens (tertiary/aromatic N) is 3. The molecule has 1 amide bonds. The van der Waals surface area contributed by atoms with E-state index >= 15 is 0 Å². The fourth-order valence-electron chi connectivity index (χ4n) is 3.20. The highest BCUT2D eigenvalue weighted by atomic mass is 32.2. The second kappa shape index (κ2) is 8.53. The highest BCUT2D eigenvalue weighted by Crippen LogP contribution is 2.31. The molecule has 1 N–H and O–H groups in total. The molecule has 0 aromatic heterocycles. The van der Waals surface area contributed by atoms with E-state index in [1.54, 1.807) is 11.1 Å². The number of rotatable bonds is 6. The highest BCUT2D eigenvalue weighted by Gasteiger charge is 2.34. The van der Waals surface area contributed by atoms with E-state index in [0.29, 0.717) is 23.2 Å². The number of ether oxygens (including phenoxy) is 1. The molecule has 0 spiro atoms. The molecule has 2 aromatic carbocycles. The molecule has 4 rings (SSSR count). The quantitative estimate of drug-likeness (QED) is 0.749. The minimum atomic E-state index is -0.425. The molecule has 0 fully saturated rings. The van der Waals surface area contributed by atoms with Gasteiger partial charge in [-0.2, -0.15) is 0 Å². The van der Waals surface area contributed by atoms with Crippen molar-refractivity contribution in [3.05, 3.63) is 77.3 Å². The number of amides is 1. The Hall–Kier alpha value is -3.06. The molecule has 1 atom stereocenters. The zero-order chi connectivity index (χ0) is 20.2. The summed E-state index contributed by atoms with van der Waals surface area (Å²) in [5.74, 6) is 1.30. The van der Waals surface area contributed by atoms with Gasteiger partial charge in [-0.1, -0.05) is 55.1 Å². The molecule has 0 bridgehead atoms. The van der Waals surface area contributed by atoms with E-state index in [4.69, 9.17) is 14.8 Å². The second-order valence-corrected chi connectivity index (χ2v) is 7.60. The Morgan fingerprint density at radius 2 is 2.03 bits per heavy atom. The van der Waals surface area contributed by atoms with Crippen LogP contribution in [0, 0.1) is 0 Å². The van der Waals surface area contributed by atoms with Gasteiger partial charge in [-0.25, -0.2) is 5.01 Å². The van der Waals surface area contributed by atoms with Crippen molar-refractivity contribution in [3.8, 4) is 5.75 Å². The lowest BCUT2D eigenvalue weighted by molar-refractivity contribution is -0.116. The summed E-state index contributed by atoms with van der Waals surface area (Å²) in [6.45, 7) is 6.48. The average molecular weight is 407 g/mol. The predicted molar refractivity (Wildman–Crippen MR) is 116 cm³/mol. The maximum Gasteiger partial charge on any atom is 0.276 e. The Morgan fingerprint density at radius 3 is 2.79 bits per heavy atom. The molecule has 6 nitrogen and oxygen atoms in total. The van der Waals surface area contributed by atoms with Gasteiger partial charge in [-0.3, -0.25) is 15.1 Å². The van der Waals surface area contributed by atoms with Gasteiger partial charge in [0.1, 0.15) is 11.4 Å². The summed E-state index contributed by atoms with van der Waals surface area (Å²) in [4.78, 5) is 17.8. The lowest BCUT2D eigenvalue weighted by Gasteiger charge is -2.34.